The lowest BCUT2D eigenvalue weighted by Crippen LogP contribution is -2.35. The number of likely N-dealkylation sites (N-methyl/N-ethyl adjacent to an activating group) is 1. The van der Waals surface area contributed by atoms with Gasteiger partial charge in [-0.1, -0.05) is 30.9 Å². The molecule has 1 saturated heterocycles. The molecule has 1 heterocycles. The predicted molar refractivity (Wildman–Crippen MR) is 116 cm³/mol. The molecular formula is C24H25FN2O4. The first kappa shape index (κ1) is 22.2. The van der Waals surface area contributed by atoms with Crippen molar-refractivity contribution in [1.29, 1.82) is 0 Å². The fourth-order valence-corrected chi connectivity index (χ4v) is 3.46. The highest BCUT2D eigenvalue weighted by atomic mass is 19.1. The first-order valence-corrected chi connectivity index (χ1v) is 9.86. The van der Waals surface area contributed by atoms with Crippen molar-refractivity contribution < 1.29 is 23.8 Å². The van der Waals surface area contributed by atoms with Crippen molar-refractivity contribution in [2.45, 2.75) is 6.04 Å². The van der Waals surface area contributed by atoms with Gasteiger partial charge < -0.3 is 19.6 Å². The molecular weight excluding hydrogens is 399 g/mol. The molecule has 0 spiro atoms. The molecule has 2 aromatic rings. The number of benzene rings is 2. The molecule has 0 aromatic heterocycles. The summed E-state index contributed by atoms with van der Waals surface area (Å²) < 4.78 is 20.1. The van der Waals surface area contributed by atoms with Crippen LogP contribution in [-0.4, -0.2) is 60.4 Å². The maximum absolute atomic E-state index is 14.7. The summed E-state index contributed by atoms with van der Waals surface area (Å²) in [5.74, 6) is -1.94. The van der Waals surface area contributed by atoms with Crippen molar-refractivity contribution in [3.8, 4) is 5.75 Å². The topological polar surface area (TPSA) is 70.1 Å². The standard InChI is InChI=1S/C24H25FN2O4/c1-4-15-31-17-11-9-16(10-12-17)22(28)20-21(18-7-5-6-8-19(18)25)27(14-13-26(2)3)24(30)23(20)29/h4-12,21,28H,1,13-15H2,2-3H3/b22-20+/t21-/m0/s1. The second-order valence-electron chi connectivity index (χ2n) is 7.44. The Kier molecular flexibility index (Phi) is 6.87. The summed E-state index contributed by atoms with van der Waals surface area (Å²) >= 11 is 0. The van der Waals surface area contributed by atoms with Gasteiger partial charge in [-0.3, -0.25) is 9.59 Å². The number of hydrogen-bond acceptors (Lipinski definition) is 5. The van der Waals surface area contributed by atoms with Crippen LogP contribution in [0.2, 0.25) is 0 Å². The summed E-state index contributed by atoms with van der Waals surface area (Å²) in [4.78, 5) is 28.9. The smallest absolute Gasteiger partial charge is 0.295 e. The minimum absolute atomic E-state index is 0.131. The number of ketones is 1. The summed E-state index contributed by atoms with van der Waals surface area (Å²) in [5, 5.41) is 11.0. The second kappa shape index (κ2) is 9.57. The van der Waals surface area contributed by atoms with Gasteiger partial charge in [0.1, 0.15) is 23.9 Å². The predicted octanol–water partition coefficient (Wildman–Crippen LogP) is 3.37. The highest BCUT2D eigenvalue weighted by molar-refractivity contribution is 6.46. The van der Waals surface area contributed by atoms with Crippen LogP contribution in [-0.2, 0) is 9.59 Å². The quantitative estimate of drug-likeness (QED) is 0.305. The van der Waals surface area contributed by atoms with Gasteiger partial charge in [-0.2, -0.15) is 0 Å². The van der Waals surface area contributed by atoms with Crippen LogP contribution in [0.5, 0.6) is 5.75 Å². The normalized spacial score (nSPS) is 17.9. The van der Waals surface area contributed by atoms with E-state index in [-0.39, 0.29) is 23.4 Å². The third-order valence-corrected chi connectivity index (χ3v) is 5.02. The Labute approximate surface area is 180 Å². The van der Waals surface area contributed by atoms with Gasteiger partial charge in [0.25, 0.3) is 11.7 Å². The number of amides is 1. The summed E-state index contributed by atoms with van der Waals surface area (Å²) in [5.41, 5.74) is 0.361. The fourth-order valence-electron chi connectivity index (χ4n) is 3.46. The summed E-state index contributed by atoms with van der Waals surface area (Å²) in [6.45, 7) is 4.60. The van der Waals surface area contributed by atoms with Gasteiger partial charge >= 0.3 is 0 Å². The molecule has 6 nitrogen and oxygen atoms in total. The van der Waals surface area contributed by atoms with E-state index < -0.39 is 23.5 Å². The average molecular weight is 424 g/mol. The Bertz CT molecular complexity index is 1010. The van der Waals surface area contributed by atoms with Crippen LogP contribution in [0.4, 0.5) is 4.39 Å². The number of nitrogens with zero attached hydrogens (tertiary/aromatic N) is 2. The molecule has 0 radical (unpaired) electrons. The molecule has 3 rings (SSSR count). The van der Waals surface area contributed by atoms with Crippen molar-refractivity contribution >= 4 is 17.4 Å². The van der Waals surface area contributed by atoms with E-state index in [0.29, 0.717) is 24.5 Å². The van der Waals surface area contributed by atoms with Crippen LogP contribution in [0.1, 0.15) is 17.2 Å². The summed E-state index contributed by atoms with van der Waals surface area (Å²) in [7, 11) is 3.68. The molecule has 1 atom stereocenters. The highest BCUT2D eigenvalue weighted by Crippen LogP contribution is 2.40. The van der Waals surface area contributed by atoms with Crippen molar-refractivity contribution in [3.05, 3.63) is 83.7 Å². The molecule has 1 amide bonds. The van der Waals surface area contributed by atoms with Crippen LogP contribution in [0.15, 0.2) is 66.8 Å². The molecule has 162 valence electrons. The third kappa shape index (κ3) is 4.67. The molecule has 0 aliphatic carbocycles. The lowest BCUT2D eigenvalue weighted by molar-refractivity contribution is -0.140. The largest absolute Gasteiger partial charge is 0.507 e. The van der Waals surface area contributed by atoms with E-state index >= 15 is 0 Å². The maximum Gasteiger partial charge on any atom is 0.295 e. The lowest BCUT2D eigenvalue weighted by atomic mass is 9.95. The van der Waals surface area contributed by atoms with Gasteiger partial charge in [0, 0.05) is 24.2 Å². The van der Waals surface area contributed by atoms with Crippen LogP contribution in [0, 0.1) is 5.82 Å². The number of aliphatic hydroxyl groups excluding tert-OH is 1. The summed E-state index contributed by atoms with van der Waals surface area (Å²) in [6, 6.07) is 11.4. The molecule has 1 fully saturated rings. The average Bonchev–Trinajstić information content (AvgIpc) is 3.01. The van der Waals surface area contributed by atoms with Gasteiger partial charge in [-0.05, 0) is 44.4 Å². The molecule has 1 aliphatic heterocycles. The molecule has 0 unspecified atom stereocenters. The monoisotopic (exact) mass is 424 g/mol. The van der Waals surface area contributed by atoms with Crippen LogP contribution < -0.4 is 4.74 Å². The van der Waals surface area contributed by atoms with E-state index in [2.05, 4.69) is 6.58 Å². The number of likely N-dealkylation sites (tertiary alicyclic amines) is 1. The Balaban J connectivity index is 2.08. The van der Waals surface area contributed by atoms with Crippen molar-refractivity contribution in [1.82, 2.24) is 9.80 Å². The SMILES string of the molecule is C=CCOc1ccc(/C(O)=C2\C(=O)C(=O)N(CCN(C)C)[C@H]2c2ccccc2F)cc1. The first-order valence-electron chi connectivity index (χ1n) is 9.86. The first-order chi connectivity index (χ1) is 14.8. The van der Waals surface area contributed by atoms with E-state index in [1.807, 2.05) is 19.0 Å². The molecule has 7 heteroatoms. The Morgan fingerprint density at radius 1 is 1.19 bits per heavy atom. The Hall–Kier alpha value is -3.45. The van der Waals surface area contributed by atoms with Gasteiger partial charge in [0.05, 0.1) is 11.6 Å². The van der Waals surface area contributed by atoms with E-state index in [0.717, 1.165) is 0 Å². The zero-order chi connectivity index (χ0) is 22.5. The van der Waals surface area contributed by atoms with E-state index in [4.69, 9.17) is 4.74 Å². The number of carbonyl (C=O) groups excluding carboxylic acids is 2. The number of hydrogen-bond donors (Lipinski definition) is 1. The Morgan fingerprint density at radius 2 is 1.87 bits per heavy atom. The molecule has 31 heavy (non-hydrogen) atoms. The number of halogens is 1. The van der Waals surface area contributed by atoms with Crippen molar-refractivity contribution in [2.75, 3.05) is 33.8 Å². The van der Waals surface area contributed by atoms with Gasteiger partial charge in [-0.25, -0.2) is 4.39 Å². The second-order valence-corrected chi connectivity index (χ2v) is 7.44. The molecule has 2 aromatic carbocycles. The number of rotatable bonds is 8. The minimum Gasteiger partial charge on any atom is -0.507 e. The zero-order valence-electron chi connectivity index (χ0n) is 17.5. The van der Waals surface area contributed by atoms with Crippen molar-refractivity contribution in [2.24, 2.45) is 0 Å². The van der Waals surface area contributed by atoms with Gasteiger partial charge in [0.15, 0.2) is 0 Å². The van der Waals surface area contributed by atoms with Crippen LogP contribution in [0.3, 0.4) is 0 Å². The maximum atomic E-state index is 14.7. The summed E-state index contributed by atoms with van der Waals surface area (Å²) in [6.07, 6.45) is 1.61. The number of ether oxygens (including phenoxy) is 1. The molecule has 1 N–H and O–H groups in total. The minimum atomic E-state index is -1.02. The number of aliphatic hydroxyl groups is 1. The van der Waals surface area contributed by atoms with E-state index in [1.54, 1.807) is 36.4 Å². The number of Topliss-reactive ketones (excluding diaryl/α,β-unsaturated/α-hetero) is 1. The van der Waals surface area contributed by atoms with E-state index in [1.165, 1.54) is 23.1 Å². The molecule has 0 saturated carbocycles. The molecule has 1 aliphatic rings. The Morgan fingerprint density at radius 3 is 2.48 bits per heavy atom. The third-order valence-electron chi connectivity index (χ3n) is 5.02. The lowest BCUT2D eigenvalue weighted by Gasteiger charge is -2.26. The number of carbonyl (C=O) groups is 2. The van der Waals surface area contributed by atoms with Gasteiger partial charge in [-0.15, -0.1) is 0 Å². The van der Waals surface area contributed by atoms with Crippen LogP contribution in [0.25, 0.3) is 5.76 Å². The van der Waals surface area contributed by atoms with Crippen molar-refractivity contribution in [3.63, 3.8) is 0 Å². The zero-order valence-corrected chi connectivity index (χ0v) is 17.5. The fraction of sp³-hybridized carbons (Fsp3) is 0.250. The van der Waals surface area contributed by atoms with Gasteiger partial charge in [0.2, 0.25) is 0 Å². The van der Waals surface area contributed by atoms with Crippen LogP contribution >= 0.6 is 0 Å². The highest BCUT2D eigenvalue weighted by Gasteiger charge is 2.46. The van der Waals surface area contributed by atoms with E-state index in [9.17, 15) is 19.1 Å². The molecule has 0 bridgehead atoms.